The number of carbonyl (C=O) groups is 1. The fourth-order valence-corrected chi connectivity index (χ4v) is 2.73. The highest BCUT2D eigenvalue weighted by atomic mass is 16.5. The van der Waals surface area contributed by atoms with Crippen molar-refractivity contribution < 1.29 is 14.6 Å². The van der Waals surface area contributed by atoms with Crippen molar-refractivity contribution in [2.75, 3.05) is 20.2 Å². The highest BCUT2D eigenvalue weighted by molar-refractivity contribution is 5.75. The van der Waals surface area contributed by atoms with Crippen molar-refractivity contribution in [2.24, 2.45) is 5.73 Å². The lowest BCUT2D eigenvalue weighted by molar-refractivity contribution is -0.125. The predicted molar refractivity (Wildman–Crippen MR) is 74.1 cm³/mol. The second-order valence-electron chi connectivity index (χ2n) is 5.41. The normalized spacial score (nSPS) is 23.5. The molecule has 1 fully saturated rings. The summed E-state index contributed by atoms with van der Waals surface area (Å²) in [4.78, 5) is 17.3. The van der Waals surface area contributed by atoms with Crippen LogP contribution in [0.3, 0.4) is 0 Å². The Morgan fingerprint density at radius 3 is 3.10 bits per heavy atom. The number of methoxy groups -OCH3 is 1. The largest absolute Gasteiger partial charge is 0.495 e. The average molecular weight is 279 g/mol. The van der Waals surface area contributed by atoms with E-state index in [9.17, 15) is 9.90 Å². The van der Waals surface area contributed by atoms with Crippen LogP contribution in [0.2, 0.25) is 0 Å². The SMILES string of the molecule is COc1cncc(CN2CCCC(O)(CC(N)=O)C2)c1. The summed E-state index contributed by atoms with van der Waals surface area (Å²) in [5.41, 5.74) is 5.22. The quantitative estimate of drug-likeness (QED) is 0.809. The number of nitrogens with two attached hydrogens (primary N) is 1. The Morgan fingerprint density at radius 1 is 1.60 bits per heavy atom. The van der Waals surface area contributed by atoms with Crippen LogP contribution in [0.1, 0.15) is 24.8 Å². The number of aliphatic hydroxyl groups is 1. The first-order chi connectivity index (χ1) is 9.50. The standard InChI is InChI=1S/C14H21N3O3/c1-20-12-5-11(7-16-8-12)9-17-4-2-3-14(19,10-17)6-13(15)18/h5,7-8,19H,2-4,6,9-10H2,1H3,(H2,15,18). The number of hydrogen-bond acceptors (Lipinski definition) is 5. The number of ether oxygens (including phenoxy) is 1. The van der Waals surface area contributed by atoms with Gasteiger partial charge in [0, 0.05) is 19.3 Å². The van der Waals surface area contributed by atoms with Gasteiger partial charge in [0.2, 0.25) is 5.91 Å². The minimum Gasteiger partial charge on any atom is -0.495 e. The number of rotatable bonds is 5. The predicted octanol–water partition coefficient (Wildman–Crippen LogP) is 0.293. The van der Waals surface area contributed by atoms with Crippen LogP contribution < -0.4 is 10.5 Å². The van der Waals surface area contributed by atoms with E-state index in [2.05, 4.69) is 9.88 Å². The number of β-amino-alcohol motifs (C(OH)–C–C–N with tert-alkyl or cyclic N) is 1. The van der Waals surface area contributed by atoms with Crippen molar-refractivity contribution in [3.63, 3.8) is 0 Å². The second-order valence-corrected chi connectivity index (χ2v) is 5.41. The van der Waals surface area contributed by atoms with E-state index >= 15 is 0 Å². The van der Waals surface area contributed by atoms with Crippen LogP contribution in [0.15, 0.2) is 18.5 Å². The van der Waals surface area contributed by atoms with E-state index in [4.69, 9.17) is 10.5 Å². The fourth-order valence-electron chi connectivity index (χ4n) is 2.73. The van der Waals surface area contributed by atoms with Crippen LogP contribution in [0.5, 0.6) is 5.75 Å². The van der Waals surface area contributed by atoms with Crippen molar-refractivity contribution in [3.05, 3.63) is 24.0 Å². The number of pyridine rings is 1. The molecule has 0 bridgehead atoms. The molecule has 1 unspecified atom stereocenters. The number of primary amides is 1. The van der Waals surface area contributed by atoms with Gasteiger partial charge >= 0.3 is 0 Å². The molecule has 1 aliphatic rings. The van der Waals surface area contributed by atoms with Gasteiger partial charge in [0.05, 0.1) is 25.3 Å². The summed E-state index contributed by atoms with van der Waals surface area (Å²) in [5, 5.41) is 10.4. The molecule has 0 aromatic carbocycles. The lowest BCUT2D eigenvalue weighted by Gasteiger charge is -2.38. The van der Waals surface area contributed by atoms with Crippen LogP contribution in [-0.2, 0) is 11.3 Å². The summed E-state index contributed by atoms with van der Waals surface area (Å²) < 4.78 is 5.15. The number of nitrogens with zero attached hydrogens (tertiary/aromatic N) is 2. The molecule has 2 heterocycles. The van der Waals surface area contributed by atoms with Gasteiger partial charge in [-0.05, 0) is 31.0 Å². The zero-order valence-electron chi connectivity index (χ0n) is 11.7. The molecule has 1 amide bonds. The van der Waals surface area contributed by atoms with Crippen molar-refractivity contribution in [1.82, 2.24) is 9.88 Å². The number of piperidine rings is 1. The van der Waals surface area contributed by atoms with Gasteiger partial charge in [-0.3, -0.25) is 14.7 Å². The smallest absolute Gasteiger partial charge is 0.220 e. The molecule has 6 nitrogen and oxygen atoms in total. The van der Waals surface area contributed by atoms with E-state index in [0.717, 1.165) is 18.5 Å². The van der Waals surface area contributed by atoms with E-state index in [1.807, 2.05) is 6.07 Å². The maximum atomic E-state index is 11.0. The van der Waals surface area contributed by atoms with Gasteiger partial charge in [-0.2, -0.15) is 0 Å². The Labute approximate surface area is 118 Å². The maximum Gasteiger partial charge on any atom is 0.220 e. The molecule has 2 rings (SSSR count). The minimum absolute atomic E-state index is 0.0138. The molecule has 0 radical (unpaired) electrons. The summed E-state index contributed by atoms with van der Waals surface area (Å²) in [6, 6.07) is 1.93. The first kappa shape index (κ1) is 14.7. The zero-order valence-corrected chi connectivity index (χ0v) is 11.7. The van der Waals surface area contributed by atoms with Crippen molar-refractivity contribution in [3.8, 4) is 5.75 Å². The minimum atomic E-state index is -1.00. The van der Waals surface area contributed by atoms with Crippen molar-refractivity contribution in [2.45, 2.75) is 31.4 Å². The molecule has 3 N–H and O–H groups in total. The number of likely N-dealkylation sites (tertiary alicyclic amines) is 1. The molecule has 1 aromatic rings. The molecule has 0 aliphatic carbocycles. The maximum absolute atomic E-state index is 11.0. The van der Waals surface area contributed by atoms with Crippen LogP contribution in [0.4, 0.5) is 0 Å². The lowest BCUT2D eigenvalue weighted by atomic mass is 9.89. The lowest BCUT2D eigenvalue weighted by Crippen LogP contribution is -2.49. The van der Waals surface area contributed by atoms with Crippen LogP contribution >= 0.6 is 0 Å². The van der Waals surface area contributed by atoms with Crippen LogP contribution in [-0.4, -0.2) is 46.7 Å². The topological polar surface area (TPSA) is 88.7 Å². The van der Waals surface area contributed by atoms with Crippen LogP contribution in [0, 0.1) is 0 Å². The Kier molecular flexibility index (Phi) is 4.57. The molecule has 0 spiro atoms. The van der Waals surface area contributed by atoms with Crippen molar-refractivity contribution >= 4 is 5.91 Å². The zero-order chi connectivity index (χ0) is 14.6. The van der Waals surface area contributed by atoms with Gasteiger partial charge in [-0.25, -0.2) is 0 Å². The molecular weight excluding hydrogens is 258 g/mol. The Hall–Kier alpha value is -1.66. The summed E-state index contributed by atoms with van der Waals surface area (Å²) in [6.45, 7) is 2.01. The Balaban J connectivity index is 2.00. The molecule has 110 valence electrons. The number of aromatic nitrogens is 1. The van der Waals surface area contributed by atoms with Crippen LogP contribution in [0.25, 0.3) is 0 Å². The molecule has 0 saturated carbocycles. The molecular formula is C14H21N3O3. The average Bonchev–Trinajstić information content (AvgIpc) is 2.37. The third-order valence-electron chi connectivity index (χ3n) is 3.55. The van der Waals surface area contributed by atoms with E-state index in [0.29, 0.717) is 25.3 Å². The number of carbonyl (C=O) groups excluding carboxylic acids is 1. The van der Waals surface area contributed by atoms with Gasteiger partial charge in [-0.1, -0.05) is 0 Å². The van der Waals surface area contributed by atoms with Gasteiger partial charge in [0.15, 0.2) is 0 Å². The second kappa shape index (κ2) is 6.19. The van der Waals surface area contributed by atoms with Gasteiger partial charge in [0.25, 0.3) is 0 Å². The summed E-state index contributed by atoms with van der Waals surface area (Å²) in [5.74, 6) is 0.254. The summed E-state index contributed by atoms with van der Waals surface area (Å²) in [6.07, 6.45) is 4.91. The third kappa shape index (κ3) is 3.91. The van der Waals surface area contributed by atoms with Gasteiger partial charge in [0.1, 0.15) is 5.75 Å². The molecule has 1 aromatic heterocycles. The molecule has 1 saturated heterocycles. The highest BCUT2D eigenvalue weighted by Gasteiger charge is 2.34. The molecule has 6 heteroatoms. The highest BCUT2D eigenvalue weighted by Crippen LogP contribution is 2.25. The first-order valence-corrected chi connectivity index (χ1v) is 6.72. The molecule has 20 heavy (non-hydrogen) atoms. The third-order valence-corrected chi connectivity index (χ3v) is 3.55. The van der Waals surface area contributed by atoms with E-state index < -0.39 is 11.5 Å². The first-order valence-electron chi connectivity index (χ1n) is 6.72. The number of amides is 1. The summed E-state index contributed by atoms with van der Waals surface area (Å²) in [7, 11) is 1.60. The Morgan fingerprint density at radius 2 is 2.40 bits per heavy atom. The number of hydrogen-bond donors (Lipinski definition) is 2. The fraction of sp³-hybridized carbons (Fsp3) is 0.571. The monoisotopic (exact) mass is 279 g/mol. The van der Waals surface area contributed by atoms with Gasteiger partial charge < -0.3 is 15.6 Å². The van der Waals surface area contributed by atoms with E-state index in [1.165, 1.54) is 0 Å². The molecule has 1 atom stereocenters. The molecule has 1 aliphatic heterocycles. The Bertz CT molecular complexity index is 480. The van der Waals surface area contributed by atoms with E-state index in [1.54, 1.807) is 19.5 Å². The van der Waals surface area contributed by atoms with Crippen molar-refractivity contribution in [1.29, 1.82) is 0 Å². The van der Waals surface area contributed by atoms with Gasteiger partial charge in [-0.15, -0.1) is 0 Å². The van der Waals surface area contributed by atoms with E-state index in [-0.39, 0.29) is 6.42 Å². The summed E-state index contributed by atoms with van der Waals surface area (Å²) >= 11 is 0.